The van der Waals surface area contributed by atoms with Crippen LogP contribution in [0.2, 0.25) is 0 Å². The van der Waals surface area contributed by atoms with E-state index in [1.54, 1.807) is 20.5 Å². The normalized spacial score (nSPS) is 11.4. The maximum atomic E-state index is 5.22. The summed E-state index contributed by atoms with van der Waals surface area (Å²) in [5, 5.41) is 1.31. The van der Waals surface area contributed by atoms with E-state index in [9.17, 15) is 0 Å². The zero-order chi connectivity index (χ0) is 9.68. The van der Waals surface area contributed by atoms with Gasteiger partial charge in [-0.15, -0.1) is 0 Å². The Morgan fingerprint density at radius 1 is 1.31 bits per heavy atom. The van der Waals surface area contributed by atoms with Gasteiger partial charge in [0.15, 0.2) is 5.76 Å². The summed E-state index contributed by atoms with van der Waals surface area (Å²) in [6.07, 6.45) is 1.62. The van der Waals surface area contributed by atoms with Gasteiger partial charge in [-0.25, -0.2) is 0 Å². The van der Waals surface area contributed by atoms with E-state index in [4.69, 9.17) is 9.47 Å². The monoisotopic (exact) mass is 194 g/mol. The molecule has 0 bridgehead atoms. The van der Waals surface area contributed by atoms with E-state index in [1.165, 1.54) is 5.19 Å². The molecule has 1 aromatic carbocycles. The van der Waals surface area contributed by atoms with Gasteiger partial charge in [0.05, 0.1) is 14.2 Å². The molecule has 3 heteroatoms. The zero-order valence-corrected chi connectivity index (χ0v) is 10.2. The molecule has 70 valence electrons. The van der Waals surface area contributed by atoms with Crippen LogP contribution < -0.4 is 5.19 Å². The molecule has 0 aliphatic heterocycles. The molecule has 0 unspecified atom stereocenters. The van der Waals surface area contributed by atoms with Gasteiger partial charge in [-0.3, -0.25) is 0 Å². The van der Waals surface area contributed by atoms with Crippen LogP contribution >= 0.6 is 0 Å². The highest BCUT2D eigenvalue weighted by atomic mass is 28.1. The van der Waals surface area contributed by atoms with Gasteiger partial charge in [0.2, 0.25) is 0 Å². The van der Waals surface area contributed by atoms with Crippen LogP contribution in [0.5, 0.6) is 0 Å². The Labute approximate surface area is 81.6 Å². The molecule has 2 nitrogen and oxygen atoms in total. The van der Waals surface area contributed by atoms with Crippen molar-refractivity contribution in [3.8, 4) is 0 Å². The molecule has 0 amide bonds. The summed E-state index contributed by atoms with van der Waals surface area (Å²) in [5.41, 5.74) is 1.12. The van der Waals surface area contributed by atoms with Crippen LogP contribution in [0.15, 0.2) is 30.5 Å². The Morgan fingerprint density at radius 2 is 2.00 bits per heavy atom. The summed E-state index contributed by atoms with van der Waals surface area (Å²) in [5.74, 6) is 0.785. The van der Waals surface area contributed by atoms with Gasteiger partial charge < -0.3 is 9.47 Å². The van der Waals surface area contributed by atoms with E-state index >= 15 is 0 Å². The summed E-state index contributed by atoms with van der Waals surface area (Å²) in [6, 6.07) is 8.17. The van der Waals surface area contributed by atoms with Crippen molar-refractivity contribution in [1.82, 2.24) is 0 Å². The second-order valence-electron chi connectivity index (χ2n) is 2.74. The number of rotatable bonds is 3. The van der Waals surface area contributed by atoms with Crippen molar-refractivity contribution < 1.29 is 9.47 Å². The van der Waals surface area contributed by atoms with Gasteiger partial charge in [0, 0.05) is 15.8 Å². The molecule has 0 saturated heterocycles. The van der Waals surface area contributed by atoms with Gasteiger partial charge >= 0.3 is 0 Å². The lowest BCUT2D eigenvalue weighted by molar-refractivity contribution is 0.304. The third-order valence-electron chi connectivity index (χ3n) is 1.86. The van der Waals surface area contributed by atoms with E-state index in [2.05, 4.69) is 6.07 Å². The van der Waals surface area contributed by atoms with E-state index in [1.807, 2.05) is 18.2 Å². The molecule has 13 heavy (non-hydrogen) atoms. The Kier molecular flexibility index (Phi) is 3.58. The molecule has 0 aliphatic carbocycles. The van der Waals surface area contributed by atoms with E-state index < -0.39 is 0 Å². The largest absolute Gasteiger partial charge is 0.500 e. The van der Waals surface area contributed by atoms with Crippen molar-refractivity contribution in [2.75, 3.05) is 14.2 Å². The first-order valence-electron chi connectivity index (χ1n) is 4.12. The highest BCUT2D eigenvalue weighted by molar-refractivity contribution is 6.34. The topological polar surface area (TPSA) is 18.5 Å². The molecule has 0 radical (unpaired) electrons. The van der Waals surface area contributed by atoms with Gasteiger partial charge in [0.25, 0.3) is 0 Å². The third-order valence-corrected chi connectivity index (χ3v) is 2.73. The van der Waals surface area contributed by atoms with Crippen LogP contribution in [0.3, 0.4) is 0 Å². The number of ether oxygens (including phenoxy) is 2. The van der Waals surface area contributed by atoms with Crippen molar-refractivity contribution in [2.45, 2.75) is 0 Å². The van der Waals surface area contributed by atoms with Crippen molar-refractivity contribution in [3.05, 3.63) is 36.1 Å². The smallest absolute Gasteiger partial charge is 0.160 e. The Hall–Kier alpha value is -1.22. The first-order valence-corrected chi connectivity index (χ1v) is 5.12. The highest BCUT2D eigenvalue weighted by Crippen LogP contribution is 2.11. The van der Waals surface area contributed by atoms with Crippen molar-refractivity contribution in [3.63, 3.8) is 0 Å². The van der Waals surface area contributed by atoms with Crippen molar-refractivity contribution in [2.24, 2.45) is 0 Å². The Bertz CT molecular complexity index is 308. The summed E-state index contributed by atoms with van der Waals surface area (Å²) >= 11 is 0. The van der Waals surface area contributed by atoms with Crippen LogP contribution in [0.1, 0.15) is 5.56 Å². The van der Waals surface area contributed by atoms with E-state index in [-0.39, 0.29) is 0 Å². The van der Waals surface area contributed by atoms with Crippen molar-refractivity contribution in [1.29, 1.82) is 0 Å². The maximum Gasteiger partial charge on any atom is 0.160 e. The maximum absolute atomic E-state index is 5.22. The van der Waals surface area contributed by atoms with E-state index in [0.29, 0.717) is 0 Å². The SMILES string of the molecule is COC=C(OC)c1ccccc1[SiH3]. The summed E-state index contributed by atoms with van der Waals surface area (Å²) in [7, 11) is 4.28. The number of benzene rings is 1. The van der Waals surface area contributed by atoms with Gasteiger partial charge in [0.1, 0.15) is 6.26 Å². The number of methoxy groups -OCH3 is 2. The van der Waals surface area contributed by atoms with Crippen LogP contribution in [-0.4, -0.2) is 24.5 Å². The Morgan fingerprint density at radius 3 is 2.54 bits per heavy atom. The fourth-order valence-corrected chi connectivity index (χ4v) is 1.78. The predicted octanol–water partition coefficient (Wildman–Crippen LogP) is 0.269. The van der Waals surface area contributed by atoms with Crippen LogP contribution in [0.4, 0.5) is 0 Å². The lowest BCUT2D eigenvalue weighted by Crippen LogP contribution is -2.09. The fraction of sp³-hybridized carbons (Fsp3) is 0.200. The molecule has 0 heterocycles. The molecule has 0 saturated carbocycles. The number of hydrogen-bond acceptors (Lipinski definition) is 2. The number of hydrogen-bond donors (Lipinski definition) is 0. The zero-order valence-electron chi connectivity index (χ0n) is 8.20. The third kappa shape index (κ3) is 2.35. The highest BCUT2D eigenvalue weighted by Gasteiger charge is 2.03. The van der Waals surface area contributed by atoms with Crippen molar-refractivity contribution >= 4 is 21.2 Å². The summed E-state index contributed by atoms with van der Waals surface area (Å²) in [6.45, 7) is 0. The molecule has 0 atom stereocenters. The summed E-state index contributed by atoms with van der Waals surface area (Å²) < 4.78 is 10.1. The molecule has 0 N–H and O–H groups in total. The molecule has 1 rings (SSSR count). The molecule has 0 spiro atoms. The van der Waals surface area contributed by atoms with Gasteiger partial charge in [-0.1, -0.05) is 29.5 Å². The standard InChI is InChI=1S/C10H14O2Si/c1-11-7-9(12-2)8-5-3-4-6-10(8)13/h3-7H,1-2,13H3. The second kappa shape index (κ2) is 4.72. The molecular weight excluding hydrogens is 180 g/mol. The van der Waals surface area contributed by atoms with Crippen LogP contribution in [0.25, 0.3) is 5.76 Å². The lowest BCUT2D eigenvalue weighted by atomic mass is 10.2. The van der Waals surface area contributed by atoms with Gasteiger partial charge in [-0.2, -0.15) is 0 Å². The van der Waals surface area contributed by atoms with E-state index in [0.717, 1.165) is 21.6 Å². The first-order chi connectivity index (χ1) is 6.29. The molecular formula is C10H14O2Si. The quantitative estimate of drug-likeness (QED) is 0.508. The summed E-state index contributed by atoms with van der Waals surface area (Å²) in [4.78, 5) is 0. The predicted molar refractivity (Wildman–Crippen MR) is 58.0 cm³/mol. The first kappa shape index (κ1) is 9.86. The van der Waals surface area contributed by atoms with Gasteiger partial charge in [-0.05, 0) is 0 Å². The second-order valence-corrected chi connectivity index (χ2v) is 3.81. The van der Waals surface area contributed by atoms with Crippen LogP contribution in [0, 0.1) is 0 Å². The molecule has 0 fully saturated rings. The minimum absolute atomic E-state index is 0.785. The average Bonchev–Trinajstić information content (AvgIpc) is 2.16. The molecule has 0 aromatic heterocycles. The molecule has 1 aromatic rings. The fourth-order valence-electron chi connectivity index (χ4n) is 1.18. The molecule has 0 aliphatic rings. The lowest BCUT2D eigenvalue weighted by Gasteiger charge is -2.08. The Balaban J connectivity index is 3.05. The van der Waals surface area contributed by atoms with Crippen LogP contribution in [-0.2, 0) is 9.47 Å². The minimum atomic E-state index is 0.785. The minimum Gasteiger partial charge on any atom is -0.500 e. The average molecular weight is 194 g/mol.